The Balaban J connectivity index is 0.000000140. The standard InChI is InChI=1S/C6H7N.C5H5NO/c1-2-6-4-3-5-7-6;7-5-3-1-2-4-6-5/h2-5,7H,1H2;1-4H,(H,6,7). The summed E-state index contributed by atoms with van der Waals surface area (Å²) in [6.07, 6.45) is 5.25. The van der Waals surface area contributed by atoms with Gasteiger partial charge < -0.3 is 9.97 Å². The van der Waals surface area contributed by atoms with Gasteiger partial charge in [-0.3, -0.25) is 4.79 Å². The van der Waals surface area contributed by atoms with E-state index in [-0.39, 0.29) is 5.56 Å². The maximum Gasteiger partial charge on any atom is 0.247 e. The van der Waals surface area contributed by atoms with Crippen molar-refractivity contribution in [2.24, 2.45) is 0 Å². The van der Waals surface area contributed by atoms with Crippen molar-refractivity contribution >= 4 is 6.08 Å². The van der Waals surface area contributed by atoms with E-state index in [1.807, 2.05) is 18.3 Å². The predicted molar refractivity (Wildman–Crippen MR) is 57.9 cm³/mol. The van der Waals surface area contributed by atoms with Gasteiger partial charge in [-0.1, -0.05) is 12.6 Å². The lowest BCUT2D eigenvalue weighted by Gasteiger charge is -1.74. The molecule has 0 aliphatic heterocycles. The van der Waals surface area contributed by atoms with Crippen molar-refractivity contribution in [2.75, 3.05) is 0 Å². The van der Waals surface area contributed by atoms with Crippen LogP contribution in [0.5, 0.6) is 0 Å². The molecule has 0 aromatic carbocycles. The normalized spacial score (nSPS) is 8.57. The van der Waals surface area contributed by atoms with Crippen molar-refractivity contribution < 1.29 is 0 Å². The van der Waals surface area contributed by atoms with E-state index in [2.05, 4.69) is 16.5 Å². The van der Waals surface area contributed by atoms with E-state index in [9.17, 15) is 4.79 Å². The van der Waals surface area contributed by atoms with Gasteiger partial charge in [-0.25, -0.2) is 0 Å². The highest BCUT2D eigenvalue weighted by atomic mass is 16.1. The van der Waals surface area contributed by atoms with Gasteiger partial charge in [0.05, 0.1) is 0 Å². The summed E-state index contributed by atoms with van der Waals surface area (Å²) in [6.45, 7) is 3.57. The third-order valence-corrected chi connectivity index (χ3v) is 1.52. The molecule has 0 unspecified atom stereocenters. The third-order valence-electron chi connectivity index (χ3n) is 1.52. The molecule has 0 atom stereocenters. The van der Waals surface area contributed by atoms with Crippen LogP contribution in [0.15, 0.2) is 54.1 Å². The number of hydrogen-bond acceptors (Lipinski definition) is 1. The number of rotatable bonds is 1. The maximum absolute atomic E-state index is 10.2. The second kappa shape index (κ2) is 5.59. The molecular weight excluding hydrogens is 176 g/mol. The topological polar surface area (TPSA) is 48.6 Å². The van der Waals surface area contributed by atoms with Crippen LogP contribution in [-0.2, 0) is 0 Å². The Labute approximate surface area is 82.1 Å². The zero-order valence-corrected chi connectivity index (χ0v) is 7.73. The van der Waals surface area contributed by atoms with E-state index in [0.717, 1.165) is 5.69 Å². The van der Waals surface area contributed by atoms with Crippen LogP contribution >= 0.6 is 0 Å². The molecule has 3 heteroatoms. The fourth-order valence-corrected chi connectivity index (χ4v) is 0.848. The fourth-order valence-electron chi connectivity index (χ4n) is 0.848. The van der Waals surface area contributed by atoms with Crippen LogP contribution in [0.25, 0.3) is 6.08 Å². The molecule has 0 fully saturated rings. The van der Waals surface area contributed by atoms with Gasteiger partial charge in [0.2, 0.25) is 5.56 Å². The Kier molecular flexibility index (Phi) is 4.01. The second-order valence-electron chi connectivity index (χ2n) is 2.56. The molecule has 2 aromatic rings. The van der Waals surface area contributed by atoms with E-state index in [0.29, 0.717) is 0 Å². The van der Waals surface area contributed by atoms with Crippen LogP contribution in [0.2, 0.25) is 0 Å². The van der Waals surface area contributed by atoms with Gasteiger partial charge in [0.25, 0.3) is 0 Å². The molecule has 0 bridgehead atoms. The minimum atomic E-state index is -0.0532. The zero-order valence-electron chi connectivity index (χ0n) is 7.73. The van der Waals surface area contributed by atoms with Crippen molar-refractivity contribution in [3.05, 3.63) is 65.4 Å². The highest BCUT2D eigenvalue weighted by Gasteiger charge is 1.76. The minimum absolute atomic E-state index is 0.0532. The van der Waals surface area contributed by atoms with E-state index in [1.165, 1.54) is 6.07 Å². The Bertz CT molecular complexity index is 397. The van der Waals surface area contributed by atoms with Crippen LogP contribution in [-0.4, -0.2) is 9.97 Å². The van der Waals surface area contributed by atoms with Gasteiger partial charge in [0.15, 0.2) is 0 Å². The number of H-pyrrole nitrogens is 2. The molecule has 0 radical (unpaired) electrons. The van der Waals surface area contributed by atoms with Crippen LogP contribution in [0.3, 0.4) is 0 Å². The molecule has 0 amide bonds. The maximum atomic E-state index is 10.2. The van der Waals surface area contributed by atoms with E-state index >= 15 is 0 Å². The van der Waals surface area contributed by atoms with Crippen LogP contribution in [0, 0.1) is 0 Å². The quantitative estimate of drug-likeness (QED) is 0.706. The Morgan fingerprint density at radius 3 is 2.14 bits per heavy atom. The van der Waals surface area contributed by atoms with Crippen molar-refractivity contribution in [1.29, 1.82) is 0 Å². The summed E-state index contributed by atoms with van der Waals surface area (Å²) in [5, 5.41) is 0. The SMILES string of the molecule is C=Cc1ccc[nH]1.O=c1cccc[nH]1. The summed E-state index contributed by atoms with van der Waals surface area (Å²) >= 11 is 0. The summed E-state index contributed by atoms with van der Waals surface area (Å²) in [5.41, 5.74) is 1.02. The highest BCUT2D eigenvalue weighted by Crippen LogP contribution is 1.92. The summed E-state index contributed by atoms with van der Waals surface area (Å²) in [5.74, 6) is 0. The van der Waals surface area contributed by atoms with Crippen molar-refractivity contribution in [1.82, 2.24) is 9.97 Å². The van der Waals surface area contributed by atoms with E-state index in [4.69, 9.17) is 0 Å². The summed E-state index contributed by atoms with van der Waals surface area (Å²) in [6, 6.07) is 8.84. The van der Waals surface area contributed by atoms with E-state index in [1.54, 1.807) is 24.4 Å². The van der Waals surface area contributed by atoms with Gasteiger partial charge in [-0.2, -0.15) is 0 Å². The lowest BCUT2D eigenvalue weighted by Crippen LogP contribution is -1.98. The first-order valence-corrected chi connectivity index (χ1v) is 4.22. The molecule has 14 heavy (non-hydrogen) atoms. The average molecular weight is 188 g/mol. The van der Waals surface area contributed by atoms with Gasteiger partial charge in [0.1, 0.15) is 0 Å². The minimum Gasteiger partial charge on any atom is -0.362 e. The highest BCUT2D eigenvalue weighted by molar-refractivity contribution is 5.40. The smallest absolute Gasteiger partial charge is 0.247 e. The summed E-state index contributed by atoms with van der Waals surface area (Å²) < 4.78 is 0. The molecule has 2 N–H and O–H groups in total. The van der Waals surface area contributed by atoms with E-state index < -0.39 is 0 Å². The van der Waals surface area contributed by atoms with Crippen LogP contribution in [0.1, 0.15) is 5.69 Å². The molecule has 0 aliphatic carbocycles. The monoisotopic (exact) mass is 188 g/mol. The molecule has 2 rings (SSSR count). The molecule has 2 heterocycles. The molecule has 2 aromatic heterocycles. The molecule has 72 valence electrons. The number of aromatic nitrogens is 2. The first-order chi connectivity index (χ1) is 6.83. The van der Waals surface area contributed by atoms with Gasteiger partial charge >= 0.3 is 0 Å². The number of nitrogens with one attached hydrogen (secondary N) is 2. The number of hydrogen-bond donors (Lipinski definition) is 2. The number of pyridine rings is 1. The van der Waals surface area contributed by atoms with Gasteiger partial charge in [0, 0.05) is 24.2 Å². The molecule has 3 nitrogen and oxygen atoms in total. The number of aromatic amines is 2. The molecule has 0 saturated heterocycles. The summed E-state index contributed by atoms with van der Waals surface area (Å²) in [7, 11) is 0. The lowest BCUT2D eigenvalue weighted by atomic mass is 10.4. The first kappa shape index (κ1) is 10.1. The van der Waals surface area contributed by atoms with Crippen molar-refractivity contribution in [3.8, 4) is 0 Å². The van der Waals surface area contributed by atoms with Crippen molar-refractivity contribution in [2.45, 2.75) is 0 Å². The molecular formula is C11H12N2O. The molecule has 0 spiro atoms. The third kappa shape index (κ3) is 3.58. The molecule has 0 saturated carbocycles. The Hall–Kier alpha value is -2.03. The second-order valence-corrected chi connectivity index (χ2v) is 2.56. The van der Waals surface area contributed by atoms with Crippen LogP contribution in [0.4, 0.5) is 0 Å². The lowest BCUT2D eigenvalue weighted by molar-refractivity contribution is 1.24. The van der Waals surface area contributed by atoms with Gasteiger partial charge in [-0.15, -0.1) is 0 Å². The van der Waals surface area contributed by atoms with Crippen LogP contribution < -0.4 is 5.56 Å². The van der Waals surface area contributed by atoms with Gasteiger partial charge in [-0.05, 0) is 24.3 Å². The average Bonchev–Trinajstić information content (AvgIpc) is 2.72. The molecule has 0 aliphatic rings. The fraction of sp³-hybridized carbons (Fsp3) is 0. The first-order valence-electron chi connectivity index (χ1n) is 4.22. The Morgan fingerprint density at radius 1 is 1.07 bits per heavy atom. The largest absolute Gasteiger partial charge is 0.362 e. The predicted octanol–water partition coefficient (Wildman–Crippen LogP) is 2.03. The summed E-state index contributed by atoms with van der Waals surface area (Å²) in [4.78, 5) is 15.7. The Morgan fingerprint density at radius 2 is 1.86 bits per heavy atom. The van der Waals surface area contributed by atoms with Crippen molar-refractivity contribution in [3.63, 3.8) is 0 Å². The zero-order chi connectivity index (χ0) is 10.2.